The van der Waals surface area contributed by atoms with E-state index in [1.165, 1.54) is 27.4 Å². The quantitative estimate of drug-likeness (QED) is 0.362. The van der Waals surface area contributed by atoms with Crippen molar-refractivity contribution in [2.75, 3.05) is 24.3 Å². The van der Waals surface area contributed by atoms with E-state index in [-0.39, 0.29) is 7.92 Å². The lowest BCUT2D eigenvalue weighted by atomic mass is 9.92. The number of benzene rings is 3. The van der Waals surface area contributed by atoms with Crippen molar-refractivity contribution in [3.63, 3.8) is 0 Å². The molecule has 0 saturated heterocycles. The molecule has 1 aliphatic rings. The summed E-state index contributed by atoms with van der Waals surface area (Å²) in [4.78, 5) is 4.93. The van der Waals surface area contributed by atoms with Gasteiger partial charge in [-0.05, 0) is 47.7 Å². The average molecular weight is 443 g/mol. The molecule has 2 nitrogen and oxygen atoms in total. The van der Waals surface area contributed by atoms with E-state index in [0.717, 1.165) is 19.4 Å². The van der Waals surface area contributed by atoms with Crippen LogP contribution in [0.5, 0.6) is 0 Å². The van der Waals surface area contributed by atoms with Crippen molar-refractivity contribution in [2.45, 2.75) is 39.5 Å². The van der Waals surface area contributed by atoms with Crippen LogP contribution in [0.15, 0.2) is 91.3 Å². The Morgan fingerprint density at radius 1 is 0.688 bits per heavy atom. The third kappa shape index (κ3) is 5.08. The SMILES string of the molecule is CC(C)c1cccc(C(C)C)c1N1C=CN(CCP(c2ccccc2)c2ccccc2)C1. The van der Waals surface area contributed by atoms with Crippen LogP contribution in [0, 0.1) is 0 Å². The highest BCUT2D eigenvalue weighted by Gasteiger charge is 2.23. The second-order valence-corrected chi connectivity index (χ2v) is 11.5. The van der Waals surface area contributed by atoms with Crippen LogP contribution in [0.25, 0.3) is 0 Å². The minimum absolute atomic E-state index is 0.363. The minimum Gasteiger partial charge on any atom is -0.358 e. The number of nitrogens with zero attached hydrogens (tertiary/aromatic N) is 2. The van der Waals surface area contributed by atoms with Crippen LogP contribution in [0.2, 0.25) is 0 Å². The number of hydrogen-bond acceptors (Lipinski definition) is 2. The van der Waals surface area contributed by atoms with Crippen molar-refractivity contribution in [3.05, 3.63) is 102 Å². The molecule has 3 aromatic rings. The van der Waals surface area contributed by atoms with Gasteiger partial charge in [0.15, 0.2) is 0 Å². The highest BCUT2D eigenvalue weighted by atomic mass is 31.1. The van der Waals surface area contributed by atoms with E-state index in [1.54, 1.807) is 0 Å². The van der Waals surface area contributed by atoms with Crippen LogP contribution in [-0.2, 0) is 0 Å². The molecule has 0 bridgehead atoms. The molecule has 0 amide bonds. The van der Waals surface area contributed by atoms with Gasteiger partial charge in [-0.15, -0.1) is 0 Å². The number of rotatable bonds is 8. The highest BCUT2D eigenvalue weighted by Crippen LogP contribution is 2.37. The van der Waals surface area contributed by atoms with Gasteiger partial charge in [0, 0.05) is 24.6 Å². The molecule has 1 aliphatic heterocycles. The van der Waals surface area contributed by atoms with Gasteiger partial charge in [0.2, 0.25) is 0 Å². The normalized spacial score (nSPS) is 13.7. The lowest BCUT2D eigenvalue weighted by Crippen LogP contribution is -2.29. The fraction of sp³-hybridized carbons (Fsp3) is 0.310. The standard InChI is InChI=1S/C29H35N2P/c1-23(2)27-16-11-17-28(24(3)4)29(27)31-19-18-30(22-31)20-21-32(25-12-7-5-8-13-25)26-14-9-6-10-15-26/h5-19,23-24H,20-22H2,1-4H3. The molecule has 0 fully saturated rings. The van der Waals surface area contributed by atoms with E-state index < -0.39 is 0 Å². The molecule has 0 aliphatic carbocycles. The summed E-state index contributed by atoms with van der Waals surface area (Å²) in [5, 5.41) is 2.92. The summed E-state index contributed by atoms with van der Waals surface area (Å²) in [7, 11) is -0.363. The summed E-state index contributed by atoms with van der Waals surface area (Å²) < 4.78 is 0. The lowest BCUT2D eigenvalue weighted by Gasteiger charge is -2.29. The van der Waals surface area contributed by atoms with Crippen molar-refractivity contribution in [2.24, 2.45) is 0 Å². The van der Waals surface area contributed by atoms with Crippen molar-refractivity contribution >= 4 is 24.2 Å². The Kier molecular flexibility index (Phi) is 7.33. The largest absolute Gasteiger partial charge is 0.358 e. The van der Waals surface area contributed by atoms with E-state index in [4.69, 9.17) is 0 Å². The number of anilines is 1. The third-order valence-electron chi connectivity index (χ3n) is 6.17. The molecule has 3 heteroatoms. The molecular formula is C29H35N2P. The van der Waals surface area contributed by atoms with E-state index in [0.29, 0.717) is 11.8 Å². The Hall–Kier alpha value is -2.57. The van der Waals surface area contributed by atoms with Crippen LogP contribution in [0.1, 0.15) is 50.7 Å². The zero-order valence-corrected chi connectivity index (χ0v) is 20.7. The van der Waals surface area contributed by atoms with Crippen LogP contribution in [-0.4, -0.2) is 24.3 Å². The molecule has 1 heterocycles. The van der Waals surface area contributed by atoms with Gasteiger partial charge >= 0.3 is 0 Å². The summed E-state index contributed by atoms with van der Waals surface area (Å²) in [5.41, 5.74) is 4.29. The maximum absolute atomic E-state index is 2.47. The molecule has 4 rings (SSSR count). The highest BCUT2D eigenvalue weighted by molar-refractivity contribution is 7.73. The molecule has 0 N–H and O–H groups in total. The zero-order valence-electron chi connectivity index (χ0n) is 19.8. The third-order valence-corrected chi connectivity index (χ3v) is 8.66. The van der Waals surface area contributed by atoms with E-state index in [1.807, 2.05) is 0 Å². The topological polar surface area (TPSA) is 6.48 Å². The number of hydrogen-bond donors (Lipinski definition) is 0. The van der Waals surface area contributed by atoms with Gasteiger partial charge in [-0.3, -0.25) is 0 Å². The molecule has 0 unspecified atom stereocenters. The number of para-hydroxylation sites is 1. The minimum atomic E-state index is -0.363. The monoisotopic (exact) mass is 442 g/mol. The van der Waals surface area contributed by atoms with Crippen molar-refractivity contribution in [1.82, 2.24) is 4.90 Å². The molecule has 0 spiro atoms. The summed E-state index contributed by atoms with van der Waals surface area (Å²) in [5.74, 6) is 1.02. The van der Waals surface area contributed by atoms with E-state index >= 15 is 0 Å². The Balaban J connectivity index is 1.51. The fourth-order valence-electron chi connectivity index (χ4n) is 4.45. The summed E-state index contributed by atoms with van der Waals surface area (Å²) in [6, 6.07) is 28.9. The van der Waals surface area contributed by atoms with Crippen LogP contribution >= 0.6 is 7.92 Å². The van der Waals surface area contributed by atoms with E-state index in [2.05, 4.69) is 129 Å². The zero-order chi connectivity index (χ0) is 22.5. The Labute approximate surface area is 195 Å². The Morgan fingerprint density at radius 3 is 1.72 bits per heavy atom. The van der Waals surface area contributed by atoms with Gasteiger partial charge in [-0.2, -0.15) is 0 Å². The predicted molar refractivity (Wildman–Crippen MR) is 142 cm³/mol. The summed E-state index contributed by atoms with van der Waals surface area (Å²) >= 11 is 0. The van der Waals surface area contributed by atoms with Gasteiger partial charge in [0.1, 0.15) is 0 Å². The molecule has 3 aromatic carbocycles. The first kappa shape index (κ1) is 22.6. The molecule has 0 saturated carbocycles. The second-order valence-electron chi connectivity index (χ2n) is 9.14. The van der Waals surface area contributed by atoms with Crippen molar-refractivity contribution in [1.29, 1.82) is 0 Å². The summed E-state index contributed by atoms with van der Waals surface area (Å²) in [6.07, 6.45) is 5.72. The van der Waals surface area contributed by atoms with Crippen LogP contribution in [0.4, 0.5) is 5.69 Å². The fourth-order valence-corrected chi connectivity index (χ4v) is 6.79. The van der Waals surface area contributed by atoms with Gasteiger partial charge in [0.25, 0.3) is 0 Å². The molecule has 0 radical (unpaired) electrons. The molecule has 166 valence electrons. The van der Waals surface area contributed by atoms with Gasteiger partial charge in [-0.25, -0.2) is 0 Å². The first-order valence-corrected chi connectivity index (χ1v) is 13.3. The molecule has 0 atom stereocenters. The van der Waals surface area contributed by atoms with Crippen molar-refractivity contribution < 1.29 is 0 Å². The predicted octanol–water partition coefficient (Wildman–Crippen LogP) is 6.62. The lowest BCUT2D eigenvalue weighted by molar-refractivity contribution is 0.431. The van der Waals surface area contributed by atoms with Crippen LogP contribution in [0.3, 0.4) is 0 Å². The smallest absolute Gasteiger partial charge is 0.0942 e. The molecular weight excluding hydrogens is 407 g/mol. The maximum atomic E-state index is 2.47. The second kappa shape index (κ2) is 10.4. The van der Waals surface area contributed by atoms with Gasteiger partial charge in [0.05, 0.1) is 6.67 Å². The molecule has 32 heavy (non-hydrogen) atoms. The Bertz CT molecular complexity index is 962. The Morgan fingerprint density at radius 2 is 1.22 bits per heavy atom. The van der Waals surface area contributed by atoms with Crippen LogP contribution < -0.4 is 15.5 Å². The van der Waals surface area contributed by atoms with Crippen molar-refractivity contribution in [3.8, 4) is 0 Å². The van der Waals surface area contributed by atoms with E-state index in [9.17, 15) is 0 Å². The first-order chi connectivity index (χ1) is 15.5. The summed E-state index contributed by atoms with van der Waals surface area (Å²) in [6.45, 7) is 11.2. The first-order valence-electron chi connectivity index (χ1n) is 11.7. The molecule has 0 aromatic heterocycles. The van der Waals surface area contributed by atoms with Gasteiger partial charge < -0.3 is 9.80 Å². The average Bonchev–Trinajstić information content (AvgIpc) is 3.28. The maximum Gasteiger partial charge on any atom is 0.0942 e. The van der Waals surface area contributed by atoms with Gasteiger partial charge in [-0.1, -0.05) is 107 Å².